The van der Waals surface area contributed by atoms with E-state index in [-0.39, 0.29) is 26.0 Å². The Hall–Kier alpha value is -1.72. The van der Waals surface area contributed by atoms with Gasteiger partial charge in [-0.05, 0) is 31.8 Å². The lowest BCUT2D eigenvalue weighted by Gasteiger charge is -2.28. The van der Waals surface area contributed by atoms with Crippen molar-refractivity contribution in [3.8, 4) is 0 Å². The first-order valence-corrected chi connectivity index (χ1v) is 9.78. The Morgan fingerprint density at radius 2 is 1.72 bits per heavy atom. The predicted molar refractivity (Wildman–Crippen MR) is 102 cm³/mol. The molecule has 1 aliphatic carbocycles. The number of rotatable bonds is 13. The first kappa shape index (κ1) is 25.3. The van der Waals surface area contributed by atoms with Crippen molar-refractivity contribution in [2.24, 2.45) is 0 Å². The summed E-state index contributed by atoms with van der Waals surface area (Å²) in [5.41, 5.74) is -1.56. The number of esters is 1. The molecule has 2 atom stereocenters. The van der Waals surface area contributed by atoms with Gasteiger partial charge in [0, 0.05) is 6.54 Å². The molecule has 0 bridgehead atoms. The van der Waals surface area contributed by atoms with E-state index in [9.17, 15) is 14.7 Å². The number of allylic oxidation sites excluding steroid dienone is 1. The van der Waals surface area contributed by atoms with Crippen molar-refractivity contribution in [3.63, 3.8) is 0 Å². The van der Waals surface area contributed by atoms with Gasteiger partial charge in [-0.15, -0.1) is 0 Å². The molecule has 1 aliphatic rings. The van der Waals surface area contributed by atoms with E-state index in [1.54, 1.807) is 12.2 Å². The highest BCUT2D eigenvalue weighted by Gasteiger charge is 2.37. The normalized spacial score (nSPS) is 22.9. The van der Waals surface area contributed by atoms with Crippen molar-refractivity contribution in [2.45, 2.75) is 37.4 Å². The predicted octanol–water partition coefficient (Wildman–Crippen LogP) is 0.158. The van der Waals surface area contributed by atoms with Crippen LogP contribution in [0.4, 0.5) is 4.79 Å². The summed E-state index contributed by atoms with van der Waals surface area (Å²) in [6.45, 7) is 2.50. The summed E-state index contributed by atoms with van der Waals surface area (Å²) >= 11 is 0. The molecule has 3 N–H and O–H groups in total. The highest BCUT2D eigenvalue weighted by Crippen LogP contribution is 2.26. The Bertz CT molecular complexity index is 500. The van der Waals surface area contributed by atoms with E-state index in [4.69, 9.17) is 24.1 Å². The van der Waals surface area contributed by atoms with Gasteiger partial charge in [0.05, 0.1) is 53.4 Å². The van der Waals surface area contributed by atoms with Crippen molar-refractivity contribution in [2.75, 3.05) is 59.9 Å². The lowest BCUT2D eigenvalue weighted by molar-refractivity contribution is -0.164. The molecule has 0 saturated carbocycles. The quantitative estimate of drug-likeness (QED) is 0.217. The number of alkyl carbamates (subject to hydrolysis) is 1. The standard InChI is InChI=1S/C19H33NO9/c1-25-17(22)19(24)6-3-2-4-16(5-7-19)29-18(23)20-8-10-26-12-14-28-15-13-27-11-9-21/h2,4,16,21,24H,3,5-15H2,1H3,(H,20,23)/b4-2-/t16-,19-/m0/s1. The third-order valence-electron chi connectivity index (χ3n) is 4.24. The van der Waals surface area contributed by atoms with Crippen LogP contribution in [-0.2, 0) is 28.5 Å². The molecular formula is C19H33NO9. The van der Waals surface area contributed by atoms with Crippen LogP contribution in [0.2, 0.25) is 0 Å². The second kappa shape index (κ2) is 15.2. The van der Waals surface area contributed by atoms with Crippen LogP contribution < -0.4 is 5.32 Å². The van der Waals surface area contributed by atoms with Crippen LogP contribution in [-0.4, -0.2) is 93.9 Å². The summed E-state index contributed by atoms with van der Waals surface area (Å²) in [6.07, 6.45) is 3.62. The highest BCUT2D eigenvalue weighted by atomic mass is 16.6. The lowest BCUT2D eigenvalue weighted by atomic mass is 9.88. The maximum atomic E-state index is 11.9. The van der Waals surface area contributed by atoms with Gasteiger partial charge in [-0.25, -0.2) is 9.59 Å². The number of carbonyl (C=O) groups excluding carboxylic acids is 2. The number of carbonyl (C=O) groups is 2. The molecule has 0 aromatic carbocycles. The number of aliphatic hydroxyl groups is 2. The van der Waals surface area contributed by atoms with E-state index in [2.05, 4.69) is 10.1 Å². The number of hydrogen-bond donors (Lipinski definition) is 3. The van der Waals surface area contributed by atoms with Crippen LogP contribution in [0.15, 0.2) is 12.2 Å². The molecule has 1 rings (SSSR count). The Morgan fingerprint density at radius 1 is 1.07 bits per heavy atom. The number of nitrogens with one attached hydrogen (secondary N) is 1. The van der Waals surface area contributed by atoms with Gasteiger partial charge < -0.3 is 39.2 Å². The van der Waals surface area contributed by atoms with Gasteiger partial charge >= 0.3 is 12.1 Å². The maximum absolute atomic E-state index is 11.9. The van der Waals surface area contributed by atoms with Crippen molar-refractivity contribution in [1.82, 2.24) is 5.32 Å². The van der Waals surface area contributed by atoms with E-state index in [1.165, 1.54) is 7.11 Å². The highest BCUT2D eigenvalue weighted by molar-refractivity contribution is 5.79. The summed E-state index contributed by atoms with van der Waals surface area (Å²) in [4.78, 5) is 23.6. The molecule has 0 aromatic heterocycles. The van der Waals surface area contributed by atoms with Gasteiger partial charge in [-0.3, -0.25) is 0 Å². The molecule has 1 amide bonds. The summed E-state index contributed by atoms with van der Waals surface area (Å²) in [5, 5.41) is 21.5. The SMILES string of the molecule is COC(=O)[C@]1(O)CC/C=C\[C@H](OC(=O)NCCOCCOCCOCCO)CC1. The molecule has 0 aromatic rings. The molecule has 0 radical (unpaired) electrons. The van der Waals surface area contributed by atoms with Gasteiger partial charge in [0.15, 0.2) is 5.60 Å². The third kappa shape index (κ3) is 11.1. The van der Waals surface area contributed by atoms with Crippen molar-refractivity contribution in [1.29, 1.82) is 0 Å². The average molecular weight is 419 g/mol. The van der Waals surface area contributed by atoms with Crippen LogP contribution in [0.3, 0.4) is 0 Å². The molecule has 0 spiro atoms. The molecule has 0 saturated heterocycles. The van der Waals surface area contributed by atoms with Crippen LogP contribution in [0, 0.1) is 0 Å². The number of aliphatic hydroxyl groups excluding tert-OH is 1. The topological polar surface area (TPSA) is 133 Å². The fourth-order valence-corrected chi connectivity index (χ4v) is 2.68. The third-order valence-corrected chi connectivity index (χ3v) is 4.24. The lowest BCUT2D eigenvalue weighted by Crippen LogP contribution is -2.41. The molecule has 0 unspecified atom stereocenters. The fourth-order valence-electron chi connectivity index (χ4n) is 2.68. The first-order valence-electron chi connectivity index (χ1n) is 9.78. The number of amides is 1. The minimum atomic E-state index is -1.56. The zero-order chi connectivity index (χ0) is 21.4. The van der Waals surface area contributed by atoms with Gasteiger partial charge in [0.2, 0.25) is 0 Å². The molecule has 10 heteroatoms. The summed E-state index contributed by atoms with van der Waals surface area (Å²) in [7, 11) is 1.23. The molecule has 29 heavy (non-hydrogen) atoms. The minimum absolute atomic E-state index is 0.00865. The monoisotopic (exact) mass is 419 g/mol. The molecule has 0 aliphatic heterocycles. The Kier molecular flexibility index (Phi) is 13.2. The van der Waals surface area contributed by atoms with Gasteiger partial charge in [-0.2, -0.15) is 0 Å². The number of hydrogen-bond acceptors (Lipinski definition) is 9. The van der Waals surface area contributed by atoms with Gasteiger partial charge in [0.25, 0.3) is 0 Å². The zero-order valence-electron chi connectivity index (χ0n) is 17.0. The minimum Gasteiger partial charge on any atom is -0.467 e. The number of ether oxygens (including phenoxy) is 5. The first-order chi connectivity index (χ1) is 14.0. The number of methoxy groups -OCH3 is 1. The maximum Gasteiger partial charge on any atom is 0.407 e. The molecular weight excluding hydrogens is 386 g/mol. The van der Waals surface area contributed by atoms with Crippen molar-refractivity contribution in [3.05, 3.63) is 12.2 Å². The van der Waals surface area contributed by atoms with E-state index in [1.807, 2.05) is 0 Å². The summed E-state index contributed by atoms with van der Waals surface area (Å²) in [6, 6.07) is 0. The van der Waals surface area contributed by atoms with Crippen molar-refractivity contribution < 1.29 is 43.5 Å². The Labute approximate surface area is 171 Å². The second-order valence-corrected chi connectivity index (χ2v) is 6.46. The summed E-state index contributed by atoms with van der Waals surface area (Å²) < 4.78 is 25.6. The van der Waals surface area contributed by atoms with Crippen LogP contribution in [0.25, 0.3) is 0 Å². The molecule has 10 nitrogen and oxygen atoms in total. The largest absolute Gasteiger partial charge is 0.467 e. The van der Waals surface area contributed by atoms with E-state index in [0.29, 0.717) is 52.5 Å². The van der Waals surface area contributed by atoms with E-state index in [0.717, 1.165) is 0 Å². The smallest absolute Gasteiger partial charge is 0.407 e. The Morgan fingerprint density at radius 3 is 2.38 bits per heavy atom. The zero-order valence-corrected chi connectivity index (χ0v) is 17.0. The van der Waals surface area contributed by atoms with Gasteiger partial charge in [-0.1, -0.05) is 6.08 Å². The van der Waals surface area contributed by atoms with Crippen LogP contribution in [0.5, 0.6) is 0 Å². The fraction of sp³-hybridized carbons (Fsp3) is 0.789. The van der Waals surface area contributed by atoms with E-state index < -0.39 is 23.8 Å². The second-order valence-electron chi connectivity index (χ2n) is 6.46. The molecule has 168 valence electrons. The van der Waals surface area contributed by atoms with Crippen LogP contribution >= 0.6 is 0 Å². The molecule has 0 fully saturated rings. The van der Waals surface area contributed by atoms with Crippen molar-refractivity contribution >= 4 is 12.1 Å². The van der Waals surface area contributed by atoms with Gasteiger partial charge in [0.1, 0.15) is 6.10 Å². The average Bonchev–Trinajstić information content (AvgIpc) is 2.71. The van der Waals surface area contributed by atoms with E-state index >= 15 is 0 Å². The molecule has 0 heterocycles. The Balaban J connectivity index is 2.12. The summed E-state index contributed by atoms with van der Waals surface area (Å²) in [5.74, 6) is -0.671. The van der Waals surface area contributed by atoms with Crippen LogP contribution in [0.1, 0.15) is 25.7 Å².